The third-order valence-corrected chi connectivity index (χ3v) is 5.78. The molecule has 2 heterocycles. The molecule has 1 amide bonds. The van der Waals surface area contributed by atoms with Crippen molar-refractivity contribution in [3.63, 3.8) is 0 Å². The molecule has 32 heavy (non-hydrogen) atoms. The van der Waals surface area contributed by atoms with Gasteiger partial charge < -0.3 is 9.80 Å². The number of carbonyl (C=O) groups excluding carboxylic acids is 1. The number of hydrogen-bond acceptors (Lipinski definition) is 6. The van der Waals surface area contributed by atoms with Gasteiger partial charge in [0.2, 0.25) is 5.91 Å². The lowest BCUT2D eigenvalue weighted by atomic mass is 10.1. The average Bonchev–Trinajstić information content (AvgIpc) is 2.80. The van der Waals surface area contributed by atoms with Crippen LogP contribution >= 0.6 is 11.6 Å². The molecule has 0 spiro atoms. The Kier molecular flexibility index (Phi) is 6.32. The number of amides is 1. The normalized spacial score (nSPS) is 13.8. The molecule has 0 radical (unpaired) electrons. The summed E-state index contributed by atoms with van der Waals surface area (Å²) in [6.07, 6.45) is 0.281. The van der Waals surface area contributed by atoms with Crippen molar-refractivity contribution in [2.24, 2.45) is 0 Å². The van der Waals surface area contributed by atoms with E-state index in [0.29, 0.717) is 42.6 Å². The first-order valence-electron chi connectivity index (χ1n) is 10.3. The smallest absolute Gasteiger partial charge is 0.270 e. The molecule has 4 rings (SSSR count). The second-order valence-electron chi connectivity index (χ2n) is 7.63. The number of carbonyl (C=O) groups is 1. The Morgan fingerprint density at radius 3 is 2.53 bits per heavy atom. The van der Waals surface area contributed by atoms with Crippen LogP contribution < -0.4 is 4.90 Å². The van der Waals surface area contributed by atoms with E-state index in [9.17, 15) is 14.9 Å². The molecular weight excluding hydrogens is 430 g/mol. The Bertz CT molecular complexity index is 1160. The maximum absolute atomic E-state index is 12.7. The summed E-state index contributed by atoms with van der Waals surface area (Å²) < 4.78 is 0. The second kappa shape index (κ2) is 9.32. The van der Waals surface area contributed by atoms with Gasteiger partial charge in [0.15, 0.2) is 5.82 Å². The molecule has 1 aromatic heterocycles. The first-order valence-corrected chi connectivity index (χ1v) is 10.6. The molecule has 2 aromatic carbocycles. The highest BCUT2D eigenvalue weighted by Gasteiger charge is 2.23. The molecule has 1 aliphatic rings. The van der Waals surface area contributed by atoms with E-state index < -0.39 is 4.92 Å². The zero-order chi connectivity index (χ0) is 22.7. The molecule has 8 nitrogen and oxygen atoms in total. The lowest BCUT2D eigenvalue weighted by molar-refractivity contribution is -0.384. The van der Waals surface area contributed by atoms with Crippen molar-refractivity contribution < 1.29 is 9.72 Å². The van der Waals surface area contributed by atoms with Crippen LogP contribution in [0.25, 0.3) is 11.4 Å². The maximum atomic E-state index is 12.7. The van der Waals surface area contributed by atoms with Crippen molar-refractivity contribution in [3.05, 3.63) is 81.0 Å². The zero-order valence-corrected chi connectivity index (χ0v) is 18.3. The van der Waals surface area contributed by atoms with Crippen LogP contribution in [0, 0.1) is 17.0 Å². The van der Waals surface area contributed by atoms with E-state index in [0.717, 1.165) is 17.1 Å². The molecule has 0 unspecified atom stereocenters. The molecule has 1 aliphatic heterocycles. The Hall–Kier alpha value is -3.52. The van der Waals surface area contributed by atoms with Crippen LogP contribution in [0.2, 0.25) is 5.02 Å². The van der Waals surface area contributed by atoms with E-state index in [1.165, 1.54) is 12.1 Å². The van der Waals surface area contributed by atoms with Crippen LogP contribution in [0.4, 0.5) is 11.5 Å². The quantitative estimate of drug-likeness (QED) is 0.431. The number of nitro benzene ring substituents is 1. The number of halogens is 1. The summed E-state index contributed by atoms with van der Waals surface area (Å²) >= 11 is 6.19. The number of non-ortho nitro benzene ring substituents is 1. The number of benzene rings is 2. The summed E-state index contributed by atoms with van der Waals surface area (Å²) in [4.78, 5) is 36.4. The van der Waals surface area contributed by atoms with Gasteiger partial charge >= 0.3 is 0 Å². The van der Waals surface area contributed by atoms with Gasteiger partial charge in [-0.3, -0.25) is 14.9 Å². The van der Waals surface area contributed by atoms with Crippen molar-refractivity contribution in [1.82, 2.24) is 14.9 Å². The van der Waals surface area contributed by atoms with Crippen LogP contribution in [0.3, 0.4) is 0 Å². The van der Waals surface area contributed by atoms with Gasteiger partial charge in [0, 0.05) is 60.7 Å². The van der Waals surface area contributed by atoms with Crippen molar-refractivity contribution in [3.8, 4) is 11.4 Å². The number of nitro groups is 1. The summed E-state index contributed by atoms with van der Waals surface area (Å²) in [5.41, 5.74) is 2.20. The Morgan fingerprint density at radius 2 is 1.81 bits per heavy atom. The minimum absolute atomic E-state index is 0.000183. The first-order chi connectivity index (χ1) is 15.4. The Balaban J connectivity index is 1.46. The highest BCUT2D eigenvalue weighted by molar-refractivity contribution is 6.31. The van der Waals surface area contributed by atoms with Crippen LogP contribution in [-0.4, -0.2) is 51.9 Å². The summed E-state index contributed by atoms with van der Waals surface area (Å²) in [5.74, 6) is 1.24. The largest absolute Gasteiger partial charge is 0.353 e. The van der Waals surface area contributed by atoms with Crippen LogP contribution in [0.1, 0.15) is 11.3 Å². The fraction of sp³-hybridized carbons (Fsp3) is 0.261. The monoisotopic (exact) mass is 451 g/mol. The lowest BCUT2D eigenvalue weighted by Crippen LogP contribution is -2.49. The Morgan fingerprint density at radius 1 is 1.06 bits per heavy atom. The molecule has 1 fully saturated rings. The number of rotatable bonds is 5. The van der Waals surface area contributed by atoms with Gasteiger partial charge in [0.25, 0.3) is 5.69 Å². The van der Waals surface area contributed by atoms with Gasteiger partial charge in [-0.15, -0.1) is 0 Å². The van der Waals surface area contributed by atoms with Crippen LogP contribution in [0.15, 0.2) is 54.6 Å². The third kappa shape index (κ3) is 4.86. The zero-order valence-electron chi connectivity index (χ0n) is 17.6. The molecular formula is C23H22ClN5O3. The molecule has 164 valence electrons. The molecule has 0 aliphatic carbocycles. The summed E-state index contributed by atoms with van der Waals surface area (Å²) in [6, 6.07) is 15.6. The van der Waals surface area contributed by atoms with E-state index in [4.69, 9.17) is 11.6 Å². The molecule has 1 saturated heterocycles. The number of piperazine rings is 1. The van der Waals surface area contributed by atoms with Crippen molar-refractivity contribution in [2.45, 2.75) is 13.3 Å². The first kappa shape index (κ1) is 21.7. The number of hydrogen-bond donors (Lipinski definition) is 0. The molecule has 0 saturated carbocycles. The number of aromatic nitrogens is 2. The average molecular weight is 452 g/mol. The predicted molar refractivity (Wildman–Crippen MR) is 123 cm³/mol. The van der Waals surface area contributed by atoms with Gasteiger partial charge in [-0.1, -0.05) is 41.9 Å². The van der Waals surface area contributed by atoms with Crippen molar-refractivity contribution in [2.75, 3.05) is 31.1 Å². The molecule has 3 aromatic rings. The van der Waals surface area contributed by atoms with Gasteiger partial charge in [0.05, 0.1) is 11.3 Å². The fourth-order valence-corrected chi connectivity index (χ4v) is 3.91. The van der Waals surface area contributed by atoms with Crippen molar-refractivity contribution >= 4 is 29.0 Å². The van der Waals surface area contributed by atoms with Gasteiger partial charge in [0.1, 0.15) is 5.82 Å². The molecule has 9 heteroatoms. The highest BCUT2D eigenvalue weighted by atomic mass is 35.5. The van der Waals surface area contributed by atoms with E-state index in [-0.39, 0.29) is 18.0 Å². The summed E-state index contributed by atoms with van der Waals surface area (Å²) in [6.45, 7) is 4.31. The summed E-state index contributed by atoms with van der Waals surface area (Å²) in [7, 11) is 0. The third-order valence-electron chi connectivity index (χ3n) is 5.41. The number of aryl methyl sites for hydroxylation is 1. The molecule has 0 atom stereocenters. The SMILES string of the molecule is Cc1cc(N2CCN(C(=O)Cc3ccccc3Cl)CC2)nc(-c2cccc([N+](=O)[O-])c2)n1. The topological polar surface area (TPSA) is 92.5 Å². The van der Waals surface area contributed by atoms with Crippen molar-refractivity contribution in [1.29, 1.82) is 0 Å². The second-order valence-corrected chi connectivity index (χ2v) is 8.04. The van der Waals surface area contributed by atoms with E-state index >= 15 is 0 Å². The van der Waals surface area contributed by atoms with E-state index in [2.05, 4.69) is 14.9 Å². The van der Waals surface area contributed by atoms with Gasteiger partial charge in [-0.05, 0) is 18.6 Å². The molecule has 0 bridgehead atoms. The van der Waals surface area contributed by atoms with Gasteiger partial charge in [-0.25, -0.2) is 9.97 Å². The predicted octanol–water partition coefficient (Wildman–Crippen LogP) is 3.90. The Labute approximate surface area is 190 Å². The summed E-state index contributed by atoms with van der Waals surface area (Å²) in [5, 5.41) is 11.7. The lowest BCUT2D eigenvalue weighted by Gasteiger charge is -2.35. The standard InChI is InChI=1S/C23H22ClN5O3/c1-16-13-21(26-23(25-16)18-6-4-7-19(14-18)29(31)32)27-9-11-28(12-10-27)22(30)15-17-5-2-3-8-20(17)24/h2-8,13-14H,9-12,15H2,1H3. The number of nitrogens with zero attached hydrogens (tertiary/aromatic N) is 5. The van der Waals surface area contributed by atoms with Crippen LogP contribution in [0.5, 0.6) is 0 Å². The van der Waals surface area contributed by atoms with E-state index in [1.807, 2.05) is 36.1 Å². The fourth-order valence-electron chi connectivity index (χ4n) is 3.70. The minimum Gasteiger partial charge on any atom is -0.353 e. The van der Waals surface area contributed by atoms with Crippen LogP contribution in [-0.2, 0) is 11.2 Å². The number of anilines is 1. The highest BCUT2D eigenvalue weighted by Crippen LogP contribution is 2.24. The van der Waals surface area contributed by atoms with Gasteiger partial charge in [-0.2, -0.15) is 0 Å². The molecule has 0 N–H and O–H groups in total. The van der Waals surface area contributed by atoms with E-state index in [1.54, 1.807) is 18.2 Å². The maximum Gasteiger partial charge on any atom is 0.270 e. The minimum atomic E-state index is -0.431.